The summed E-state index contributed by atoms with van der Waals surface area (Å²) >= 11 is 0. The minimum Gasteiger partial charge on any atom is -0.465 e. The first-order valence-corrected chi connectivity index (χ1v) is 13.1. The molecule has 8 heteroatoms. The van der Waals surface area contributed by atoms with Gasteiger partial charge in [0.25, 0.3) is 5.91 Å². The van der Waals surface area contributed by atoms with E-state index in [2.05, 4.69) is 26.1 Å². The number of carbonyl (C=O) groups is 3. The third-order valence-corrected chi connectivity index (χ3v) is 5.51. The quantitative estimate of drug-likeness (QED) is 0.261. The van der Waals surface area contributed by atoms with E-state index < -0.39 is 24.6 Å². The second kappa shape index (κ2) is 15.3. The van der Waals surface area contributed by atoms with Crippen molar-refractivity contribution in [3.8, 4) is 11.1 Å². The van der Waals surface area contributed by atoms with E-state index in [4.69, 9.17) is 15.3 Å². The van der Waals surface area contributed by atoms with Gasteiger partial charge in [-0.25, -0.2) is 14.5 Å². The fourth-order valence-electron chi connectivity index (χ4n) is 3.71. The van der Waals surface area contributed by atoms with Gasteiger partial charge in [-0.1, -0.05) is 82.7 Å². The molecule has 1 aliphatic carbocycles. The smallest absolute Gasteiger partial charge is 0.414 e. The van der Waals surface area contributed by atoms with Crippen LogP contribution in [0, 0.1) is 11.3 Å². The van der Waals surface area contributed by atoms with Gasteiger partial charge in [0.05, 0.1) is 12.3 Å². The largest absolute Gasteiger partial charge is 0.465 e. The molecule has 0 aliphatic heterocycles. The standard InChI is InChI=1S/C26H29N3O5.C4H10/c1-2-3-14-29(26(32)33)23(30)17-28-25(31)34-15-8-4-5-9-18-12-13-20-19-10-6-7-11-21(19)24(27)22(20)16-18;1-4(2)3/h5-7,9-13,16,27H,2-4,8,14-15,17H2,1H3,(H,28,31)(H,32,33);4H,1-3H3/b9-5+,27-24?;. The van der Waals surface area contributed by atoms with Crippen LogP contribution in [-0.2, 0) is 9.53 Å². The Balaban J connectivity index is 0.00000118. The molecule has 3 rings (SSSR count). The summed E-state index contributed by atoms with van der Waals surface area (Å²) in [4.78, 5) is 35.5. The minimum absolute atomic E-state index is 0.103. The lowest BCUT2D eigenvalue weighted by molar-refractivity contribution is -0.128. The van der Waals surface area contributed by atoms with E-state index in [1.165, 1.54) is 0 Å². The lowest BCUT2D eigenvalue weighted by atomic mass is 10.0. The predicted molar refractivity (Wildman–Crippen MR) is 151 cm³/mol. The first kappa shape index (κ1) is 30.3. The number of fused-ring (bicyclic) bond motifs is 3. The summed E-state index contributed by atoms with van der Waals surface area (Å²) < 4.78 is 5.05. The average Bonchev–Trinajstić information content (AvgIpc) is 3.16. The fourth-order valence-corrected chi connectivity index (χ4v) is 3.71. The number of hydrogen-bond donors (Lipinski definition) is 3. The summed E-state index contributed by atoms with van der Waals surface area (Å²) in [6.45, 7) is 8.25. The van der Waals surface area contributed by atoms with Gasteiger partial charge in [-0.2, -0.15) is 0 Å². The van der Waals surface area contributed by atoms with Crippen molar-refractivity contribution >= 4 is 29.9 Å². The zero-order valence-corrected chi connectivity index (χ0v) is 22.8. The lowest BCUT2D eigenvalue weighted by Gasteiger charge is -2.17. The molecule has 0 spiro atoms. The van der Waals surface area contributed by atoms with Crippen molar-refractivity contribution in [2.75, 3.05) is 19.7 Å². The van der Waals surface area contributed by atoms with Gasteiger partial charge in [0.2, 0.25) is 0 Å². The summed E-state index contributed by atoms with van der Waals surface area (Å²) in [6.07, 6.45) is 4.48. The summed E-state index contributed by atoms with van der Waals surface area (Å²) in [6, 6.07) is 14.0. The number of nitrogens with zero attached hydrogens (tertiary/aromatic N) is 1. The van der Waals surface area contributed by atoms with Crippen LogP contribution in [0.4, 0.5) is 9.59 Å². The van der Waals surface area contributed by atoms with Gasteiger partial charge in [-0.15, -0.1) is 0 Å². The predicted octanol–water partition coefficient (Wildman–Crippen LogP) is 6.57. The van der Waals surface area contributed by atoms with Gasteiger partial charge in [-0.05, 0) is 47.9 Å². The molecule has 0 aromatic heterocycles. The highest BCUT2D eigenvalue weighted by Gasteiger charge is 2.23. The van der Waals surface area contributed by atoms with E-state index in [-0.39, 0.29) is 13.2 Å². The number of imide groups is 1. The zero-order valence-electron chi connectivity index (χ0n) is 22.8. The topological polar surface area (TPSA) is 120 Å². The molecule has 2 aromatic carbocycles. The molecule has 3 amide bonds. The Morgan fingerprint density at radius 1 is 1.03 bits per heavy atom. The Bertz CT molecular complexity index is 1150. The number of hydrogen-bond acceptors (Lipinski definition) is 5. The number of amides is 3. The van der Waals surface area contributed by atoms with Crippen molar-refractivity contribution in [2.24, 2.45) is 5.92 Å². The molecule has 0 saturated heterocycles. The van der Waals surface area contributed by atoms with Crippen LogP contribution in [0.5, 0.6) is 0 Å². The summed E-state index contributed by atoms with van der Waals surface area (Å²) in [5, 5.41) is 19.8. The Morgan fingerprint density at radius 3 is 2.34 bits per heavy atom. The Hall–Kier alpha value is -3.94. The molecule has 1 aliphatic rings. The van der Waals surface area contributed by atoms with E-state index in [1.807, 2.05) is 61.5 Å². The van der Waals surface area contributed by atoms with E-state index in [1.54, 1.807) is 0 Å². The highest BCUT2D eigenvalue weighted by Crippen LogP contribution is 2.36. The fraction of sp³-hybridized carbons (Fsp3) is 0.400. The molecule has 38 heavy (non-hydrogen) atoms. The van der Waals surface area contributed by atoms with Crippen LogP contribution in [0.1, 0.15) is 70.1 Å². The van der Waals surface area contributed by atoms with E-state index in [9.17, 15) is 14.4 Å². The van der Waals surface area contributed by atoms with Gasteiger partial charge in [0.15, 0.2) is 0 Å². The monoisotopic (exact) mass is 521 g/mol. The first-order valence-electron chi connectivity index (χ1n) is 13.1. The van der Waals surface area contributed by atoms with E-state index in [0.717, 1.165) is 40.2 Å². The van der Waals surface area contributed by atoms with Crippen molar-refractivity contribution in [2.45, 2.75) is 53.4 Å². The van der Waals surface area contributed by atoms with Gasteiger partial charge in [-0.3, -0.25) is 10.2 Å². The molecule has 0 heterocycles. The SMILES string of the molecule is CC(C)C.CCCCN(C(=O)O)C(=O)CNC(=O)OCCC/C=C/c1ccc2c(c1)C(=N)c1ccccc1-2. The number of nitrogens with one attached hydrogen (secondary N) is 2. The number of carboxylic acid groups (broad SMARTS) is 1. The average molecular weight is 522 g/mol. The minimum atomic E-state index is -1.33. The summed E-state index contributed by atoms with van der Waals surface area (Å²) in [5.41, 5.74) is 5.58. The molecule has 0 saturated carbocycles. The maximum absolute atomic E-state index is 12.0. The third kappa shape index (κ3) is 9.18. The van der Waals surface area contributed by atoms with Crippen LogP contribution >= 0.6 is 0 Å². The number of carbonyl (C=O) groups excluding carboxylic acids is 2. The molecule has 8 nitrogen and oxygen atoms in total. The van der Waals surface area contributed by atoms with E-state index in [0.29, 0.717) is 29.9 Å². The van der Waals surface area contributed by atoms with Crippen LogP contribution in [0.2, 0.25) is 0 Å². The number of alkyl carbamates (subject to hydrolysis) is 1. The molecule has 0 atom stereocenters. The van der Waals surface area contributed by atoms with Gasteiger partial charge in [0, 0.05) is 17.7 Å². The van der Waals surface area contributed by atoms with Crippen molar-refractivity contribution < 1.29 is 24.2 Å². The molecular weight excluding hydrogens is 482 g/mol. The lowest BCUT2D eigenvalue weighted by Crippen LogP contribution is -2.43. The molecule has 0 unspecified atom stereocenters. The van der Waals surface area contributed by atoms with Crippen LogP contribution in [-0.4, -0.2) is 53.5 Å². The van der Waals surface area contributed by atoms with Gasteiger partial charge < -0.3 is 15.2 Å². The number of benzene rings is 2. The molecule has 0 fully saturated rings. The number of unbranched alkanes of at least 4 members (excludes halogenated alkanes) is 2. The maximum atomic E-state index is 12.0. The first-order chi connectivity index (χ1) is 18.1. The van der Waals surface area contributed by atoms with Crippen LogP contribution in [0.3, 0.4) is 0 Å². The Morgan fingerprint density at radius 2 is 1.68 bits per heavy atom. The van der Waals surface area contributed by atoms with Crippen LogP contribution < -0.4 is 5.32 Å². The highest BCUT2D eigenvalue weighted by atomic mass is 16.5. The van der Waals surface area contributed by atoms with Crippen molar-refractivity contribution in [1.29, 1.82) is 5.41 Å². The van der Waals surface area contributed by atoms with Gasteiger partial charge >= 0.3 is 12.2 Å². The molecule has 0 radical (unpaired) electrons. The van der Waals surface area contributed by atoms with E-state index >= 15 is 0 Å². The molecule has 3 N–H and O–H groups in total. The number of ether oxygens (including phenoxy) is 1. The molecular formula is C30H39N3O5. The van der Waals surface area contributed by atoms with Crippen LogP contribution in [0.25, 0.3) is 17.2 Å². The number of allylic oxidation sites excluding steroid dienone is 1. The van der Waals surface area contributed by atoms with Gasteiger partial charge in [0.1, 0.15) is 6.54 Å². The highest BCUT2D eigenvalue weighted by molar-refractivity contribution is 6.23. The maximum Gasteiger partial charge on any atom is 0.414 e. The number of rotatable bonds is 10. The zero-order chi connectivity index (χ0) is 28.1. The van der Waals surface area contributed by atoms with Crippen molar-refractivity contribution in [3.63, 3.8) is 0 Å². The molecule has 204 valence electrons. The second-order valence-corrected chi connectivity index (χ2v) is 9.67. The normalized spacial score (nSPS) is 11.4. The van der Waals surface area contributed by atoms with Crippen molar-refractivity contribution in [3.05, 3.63) is 65.2 Å². The molecule has 2 aromatic rings. The Labute approximate surface area is 225 Å². The summed E-state index contributed by atoms with van der Waals surface area (Å²) in [5.74, 6) is 0.145. The third-order valence-electron chi connectivity index (χ3n) is 5.51. The van der Waals surface area contributed by atoms with Crippen molar-refractivity contribution in [1.82, 2.24) is 10.2 Å². The molecule has 0 bridgehead atoms. The van der Waals surface area contributed by atoms with Crippen LogP contribution in [0.15, 0.2) is 48.5 Å². The summed E-state index contributed by atoms with van der Waals surface area (Å²) in [7, 11) is 0. The Kier molecular flexibility index (Phi) is 12.2. The second-order valence-electron chi connectivity index (χ2n) is 9.67.